The fourth-order valence-corrected chi connectivity index (χ4v) is 1.05. The summed E-state index contributed by atoms with van der Waals surface area (Å²) in [5, 5.41) is 7.41. The van der Waals surface area contributed by atoms with Gasteiger partial charge >= 0.3 is 6.01 Å². The highest BCUT2D eigenvalue weighted by molar-refractivity contribution is 5.06. The topological polar surface area (TPSA) is 64.9 Å². The molecule has 2 N–H and O–H groups in total. The Morgan fingerprint density at radius 2 is 2.00 bits per heavy atom. The predicted molar refractivity (Wildman–Crippen MR) is 42.0 cm³/mol. The number of hydrogen-bond acceptors (Lipinski definition) is 4. The monoisotopic (exact) mass is 155 g/mol. The van der Waals surface area contributed by atoms with E-state index in [9.17, 15) is 0 Å². The average Bonchev–Trinajstić information content (AvgIpc) is 2.39. The normalized spacial score (nSPS) is 10.8. The van der Waals surface area contributed by atoms with E-state index in [1.54, 1.807) is 0 Å². The van der Waals surface area contributed by atoms with Gasteiger partial charge < -0.3 is 10.2 Å². The Morgan fingerprint density at radius 3 is 2.36 bits per heavy atom. The van der Waals surface area contributed by atoms with Gasteiger partial charge in [-0.25, -0.2) is 0 Å². The molecule has 0 bridgehead atoms. The first-order chi connectivity index (χ1) is 5.27. The summed E-state index contributed by atoms with van der Waals surface area (Å²) in [5.74, 6) is 1.02. The zero-order valence-corrected chi connectivity index (χ0v) is 6.87. The minimum atomic E-state index is 0.159. The molecule has 0 amide bonds. The van der Waals surface area contributed by atoms with Crippen molar-refractivity contribution >= 4 is 6.01 Å². The fraction of sp³-hybridized carbons (Fsp3) is 0.714. The highest BCUT2D eigenvalue weighted by atomic mass is 16.4. The van der Waals surface area contributed by atoms with Crippen molar-refractivity contribution in [2.24, 2.45) is 0 Å². The number of rotatable bonds is 3. The third kappa shape index (κ3) is 1.69. The number of hydrogen-bond donors (Lipinski definition) is 1. The van der Waals surface area contributed by atoms with Gasteiger partial charge in [-0.05, 0) is 12.8 Å². The van der Waals surface area contributed by atoms with E-state index in [0.29, 0.717) is 11.8 Å². The van der Waals surface area contributed by atoms with Crippen LogP contribution in [0.3, 0.4) is 0 Å². The van der Waals surface area contributed by atoms with Crippen LogP contribution in [0.1, 0.15) is 38.5 Å². The van der Waals surface area contributed by atoms with Crippen molar-refractivity contribution in [3.63, 3.8) is 0 Å². The molecule has 0 atom stereocenters. The molecular weight excluding hydrogens is 142 g/mol. The Hall–Kier alpha value is -1.06. The van der Waals surface area contributed by atoms with Gasteiger partial charge in [-0.15, -0.1) is 5.10 Å². The summed E-state index contributed by atoms with van der Waals surface area (Å²) < 4.78 is 5.08. The van der Waals surface area contributed by atoms with Gasteiger partial charge in [0.25, 0.3) is 0 Å². The molecule has 4 nitrogen and oxygen atoms in total. The van der Waals surface area contributed by atoms with Crippen LogP contribution in [0.4, 0.5) is 6.01 Å². The van der Waals surface area contributed by atoms with Gasteiger partial charge in [-0.3, -0.25) is 0 Å². The molecule has 0 aromatic carbocycles. The van der Waals surface area contributed by atoms with Crippen LogP contribution in [-0.2, 0) is 0 Å². The Bertz CT molecular complexity index is 217. The Balaban J connectivity index is 2.73. The van der Waals surface area contributed by atoms with Gasteiger partial charge in [0.15, 0.2) is 0 Å². The second-order valence-corrected chi connectivity index (χ2v) is 2.49. The van der Waals surface area contributed by atoms with Crippen LogP contribution in [0.2, 0.25) is 0 Å². The molecule has 0 spiro atoms. The third-order valence-electron chi connectivity index (χ3n) is 1.79. The van der Waals surface area contributed by atoms with Gasteiger partial charge in [0.2, 0.25) is 5.89 Å². The maximum atomic E-state index is 5.29. The first kappa shape index (κ1) is 8.04. The second-order valence-electron chi connectivity index (χ2n) is 2.49. The van der Waals surface area contributed by atoms with Crippen LogP contribution >= 0.6 is 0 Å². The van der Waals surface area contributed by atoms with E-state index in [0.717, 1.165) is 12.8 Å². The molecule has 1 aromatic rings. The van der Waals surface area contributed by atoms with Crippen molar-refractivity contribution in [3.8, 4) is 0 Å². The lowest BCUT2D eigenvalue weighted by molar-refractivity contribution is 0.442. The molecule has 1 heterocycles. The summed E-state index contributed by atoms with van der Waals surface area (Å²) in [7, 11) is 0. The van der Waals surface area contributed by atoms with Crippen LogP contribution in [0.25, 0.3) is 0 Å². The molecule has 0 aliphatic carbocycles. The summed E-state index contributed by atoms with van der Waals surface area (Å²) >= 11 is 0. The summed E-state index contributed by atoms with van der Waals surface area (Å²) in [6, 6.07) is 0.159. The van der Waals surface area contributed by atoms with Crippen molar-refractivity contribution in [2.75, 3.05) is 5.73 Å². The molecule has 0 aliphatic rings. The quantitative estimate of drug-likeness (QED) is 0.719. The SMILES string of the molecule is CCC(CC)c1nnc(N)o1. The second kappa shape index (κ2) is 3.37. The number of nitrogens with zero attached hydrogens (tertiary/aromatic N) is 2. The van der Waals surface area contributed by atoms with Crippen molar-refractivity contribution in [2.45, 2.75) is 32.6 Å². The van der Waals surface area contributed by atoms with E-state index in [4.69, 9.17) is 10.2 Å². The highest BCUT2D eigenvalue weighted by Gasteiger charge is 2.13. The molecule has 0 saturated heterocycles. The van der Waals surface area contributed by atoms with E-state index in [1.165, 1.54) is 0 Å². The van der Waals surface area contributed by atoms with Crippen molar-refractivity contribution < 1.29 is 4.42 Å². The van der Waals surface area contributed by atoms with E-state index < -0.39 is 0 Å². The largest absolute Gasteiger partial charge is 0.408 e. The highest BCUT2D eigenvalue weighted by Crippen LogP contribution is 2.21. The number of nitrogens with two attached hydrogens (primary N) is 1. The van der Waals surface area contributed by atoms with E-state index in [2.05, 4.69) is 24.0 Å². The first-order valence-electron chi connectivity index (χ1n) is 3.86. The number of anilines is 1. The molecule has 0 saturated carbocycles. The van der Waals surface area contributed by atoms with Crippen molar-refractivity contribution in [1.29, 1.82) is 0 Å². The molecular formula is C7H13N3O. The minimum absolute atomic E-state index is 0.159. The van der Waals surface area contributed by atoms with E-state index >= 15 is 0 Å². The van der Waals surface area contributed by atoms with Crippen LogP contribution in [0.5, 0.6) is 0 Å². The zero-order chi connectivity index (χ0) is 8.27. The van der Waals surface area contributed by atoms with Gasteiger partial charge in [0.05, 0.1) is 0 Å². The summed E-state index contributed by atoms with van der Waals surface area (Å²) in [6.07, 6.45) is 2.02. The Labute approximate surface area is 65.8 Å². The summed E-state index contributed by atoms with van der Waals surface area (Å²) in [4.78, 5) is 0. The molecule has 11 heavy (non-hydrogen) atoms. The standard InChI is InChI=1S/C7H13N3O/c1-3-5(4-2)6-9-10-7(8)11-6/h5H,3-4H2,1-2H3,(H2,8,10). The van der Waals surface area contributed by atoms with Crippen LogP contribution in [0, 0.1) is 0 Å². The lowest BCUT2D eigenvalue weighted by atomic mass is 10.0. The first-order valence-corrected chi connectivity index (χ1v) is 3.86. The third-order valence-corrected chi connectivity index (χ3v) is 1.79. The van der Waals surface area contributed by atoms with Gasteiger partial charge in [-0.2, -0.15) is 0 Å². The zero-order valence-electron chi connectivity index (χ0n) is 6.87. The summed E-state index contributed by atoms with van der Waals surface area (Å²) in [6.45, 7) is 4.18. The maximum absolute atomic E-state index is 5.29. The molecule has 0 unspecified atom stereocenters. The Morgan fingerprint density at radius 1 is 1.36 bits per heavy atom. The van der Waals surface area contributed by atoms with E-state index in [-0.39, 0.29) is 6.01 Å². The lowest BCUT2D eigenvalue weighted by Crippen LogP contribution is -1.95. The Kier molecular flexibility index (Phi) is 2.46. The predicted octanol–water partition coefficient (Wildman–Crippen LogP) is 1.56. The maximum Gasteiger partial charge on any atom is 0.312 e. The van der Waals surface area contributed by atoms with Crippen LogP contribution < -0.4 is 5.73 Å². The van der Waals surface area contributed by atoms with Crippen LogP contribution in [-0.4, -0.2) is 10.2 Å². The molecule has 1 rings (SSSR count). The van der Waals surface area contributed by atoms with Crippen LogP contribution in [0.15, 0.2) is 4.42 Å². The average molecular weight is 155 g/mol. The lowest BCUT2D eigenvalue weighted by Gasteiger charge is -2.04. The van der Waals surface area contributed by atoms with Crippen molar-refractivity contribution in [1.82, 2.24) is 10.2 Å². The van der Waals surface area contributed by atoms with Gasteiger partial charge in [-0.1, -0.05) is 18.9 Å². The molecule has 0 aliphatic heterocycles. The fourth-order valence-electron chi connectivity index (χ4n) is 1.05. The molecule has 62 valence electrons. The molecule has 1 aromatic heterocycles. The molecule has 0 radical (unpaired) electrons. The molecule has 4 heteroatoms. The number of nitrogen functional groups attached to an aromatic ring is 1. The van der Waals surface area contributed by atoms with E-state index in [1.807, 2.05) is 0 Å². The number of aromatic nitrogens is 2. The smallest absolute Gasteiger partial charge is 0.312 e. The van der Waals surface area contributed by atoms with Gasteiger partial charge in [0, 0.05) is 5.92 Å². The van der Waals surface area contributed by atoms with Crippen molar-refractivity contribution in [3.05, 3.63) is 5.89 Å². The summed E-state index contributed by atoms with van der Waals surface area (Å²) in [5.41, 5.74) is 5.29. The van der Waals surface area contributed by atoms with Gasteiger partial charge in [0.1, 0.15) is 0 Å². The minimum Gasteiger partial charge on any atom is -0.408 e. The molecule has 0 fully saturated rings.